The Morgan fingerprint density at radius 3 is 2.71 bits per heavy atom. The van der Waals surface area contributed by atoms with Crippen LogP contribution in [-0.2, 0) is 13.6 Å². The number of nitrogens with one attached hydrogen (secondary N) is 1. The van der Waals surface area contributed by atoms with Crippen LogP contribution in [0.3, 0.4) is 0 Å². The SMILES string of the molecule is CCC(C)C1CN(Cc2ncnn2C)C(CC(C)C)CN1. The molecule has 120 valence electrons. The molecule has 0 radical (unpaired) electrons. The summed E-state index contributed by atoms with van der Waals surface area (Å²) in [5.74, 6) is 2.50. The van der Waals surface area contributed by atoms with E-state index in [0.717, 1.165) is 31.4 Å². The quantitative estimate of drug-likeness (QED) is 0.872. The minimum atomic E-state index is 0.589. The fraction of sp³-hybridized carbons (Fsp3) is 0.875. The van der Waals surface area contributed by atoms with E-state index in [1.807, 2.05) is 11.7 Å². The highest BCUT2D eigenvalue weighted by molar-refractivity contribution is 4.92. The highest BCUT2D eigenvalue weighted by Crippen LogP contribution is 2.21. The van der Waals surface area contributed by atoms with Crippen LogP contribution in [0.5, 0.6) is 0 Å². The number of hydrogen-bond donors (Lipinski definition) is 1. The third kappa shape index (κ3) is 4.27. The fourth-order valence-corrected chi connectivity index (χ4v) is 3.16. The van der Waals surface area contributed by atoms with Crippen molar-refractivity contribution in [3.8, 4) is 0 Å². The molecule has 3 atom stereocenters. The van der Waals surface area contributed by atoms with Crippen LogP contribution < -0.4 is 5.32 Å². The van der Waals surface area contributed by atoms with Crippen molar-refractivity contribution >= 4 is 0 Å². The Bertz CT molecular complexity index is 428. The number of nitrogens with zero attached hydrogens (tertiary/aromatic N) is 4. The van der Waals surface area contributed by atoms with E-state index >= 15 is 0 Å². The summed E-state index contributed by atoms with van der Waals surface area (Å²) in [7, 11) is 1.98. The standard InChI is InChI=1S/C16H31N5/c1-6-13(4)15-9-21(10-16-18-11-19-20(16)5)14(8-17-15)7-12(2)3/h11-15,17H,6-10H2,1-5H3. The minimum Gasteiger partial charge on any atom is -0.311 e. The van der Waals surface area contributed by atoms with E-state index in [1.165, 1.54) is 12.8 Å². The van der Waals surface area contributed by atoms with E-state index in [-0.39, 0.29) is 0 Å². The average molecular weight is 293 g/mol. The lowest BCUT2D eigenvalue weighted by molar-refractivity contribution is 0.0854. The summed E-state index contributed by atoms with van der Waals surface area (Å²) in [6.45, 7) is 12.3. The van der Waals surface area contributed by atoms with Crippen molar-refractivity contribution in [1.29, 1.82) is 0 Å². The predicted octanol–water partition coefficient (Wildman–Crippen LogP) is 2.05. The van der Waals surface area contributed by atoms with E-state index in [0.29, 0.717) is 18.0 Å². The van der Waals surface area contributed by atoms with Crippen molar-refractivity contribution in [2.45, 2.75) is 59.2 Å². The smallest absolute Gasteiger partial charge is 0.140 e. The summed E-state index contributed by atoms with van der Waals surface area (Å²) >= 11 is 0. The molecule has 1 aromatic rings. The zero-order chi connectivity index (χ0) is 15.4. The molecule has 1 saturated heterocycles. The molecule has 5 nitrogen and oxygen atoms in total. The van der Waals surface area contributed by atoms with Crippen LogP contribution in [0.25, 0.3) is 0 Å². The summed E-state index contributed by atoms with van der Waals surface area (Å²) in [6.07, 6.45) is 4.11. The highest BCUT2D eigenvalue weighted by Gasteiger charge is 2.31. The van der Waals surface area contributed by atoms with E-state index in [9.17, 15) is 0 Å². The summed E-state index contributed by atoms with van der Waals surface area (Å²) in [5, 5.41) is 7.97. The maximum atomic E-state index is 4.40. The second-order valence-electron chi connectivity index (χ2n) is 6.91. The molecule has 3 unspecified atom stereocenters. The zero-order valence-corrected chi connectivity index (χ0v) is 14.2. The summed E-state index contributed by atoms with van der Waals surface area (Å²) in [5.41, 5.74) is 0. The van der Waals surface area contributed by atoms with Gasteiger partial charge in [0.1, 0.15) is 12.2 Å². The van der Waals surface area contributed by atoms with Crippen LogP contribution in [0, 0.1) is 11.8 Å². The van der Waals surface area contributed by atoms with Gasteiger partial charge in [0.2, 0.25) is 0 Å². The molecule has 1 aromatic heterocycles. The van der Waals surface area contributed by atoms with Gasteiger partial charge in [0.15, 0.2) is 0 Å². The number of aromatic nitrogens is 3. The van der Waals surface area contributed by atoms with Gasteiger partial charge in [-0.3, -0.25) is 9.58 Å². The summed E-state index contributed by atoms with van der Waals surface area (Å²) in [6, 6.07) is 1.19. The normalized spacial score (nSPS) is 25.4. The second-order valence-corrected chi connectivity index (χ2v) is 6.91. The molecule has 0 aromatic carbocycles. The van der Waals surface area contributed by atoms with Crippen LogP contribution in [0.4, 0.5) is 0 Å². The molecule has 0 bridgehead atoms. The van der Waals surface area contributed by atoms with Gasteiger partial charge in [-0.1, -0.05) is 34.1 Å². The molecule has 1 fully saturated rings. The molecule has 1 aliphatic heterocycles. The van der Waals surface area contributed by atoms with Crippen molar-refractivity contribution in [2.75, 3.05) is 13.1 Å². The fourth-order valence-electron chi connectivity index (χ4n) is 3.16. The first kappa shape index (κ1) is 16.4. The molecule has 5 heteroatoms. The molecule has 1 aliphatic rings. The van der Waals surface area contributed by atoms with Crippen LogP contribution >= 0.6 is 0 Å². The monoisotopic (exact) mass is 293 g/mol. The molecule has 2 rings (SSSR count). The second kappa shape index (κ2) is 7.36. The largest absolute Gasteiger partial charge is 0.311 e. The van der Waals surface area contributed by atoms with Crippen LogP contribution in [-0.4, -0.2) is 44.8 Å². The van der Waals surface area contributed by atoms with Gasteiger partial charge in [-0.2, -0.15) is 5.10 Å². The first-order chi connectivity index (χ1) is 10.0. The summed E-state index contributed by atoms with van der Waals surface area (Å²) < 4.78 is 1.90. The molecule has 0 saturated carbocycles. The van der Waals surface area contributed by atoms with Gasteiger partial charge in [-0.25, -0.2) is 4.98 Å². The van der Waals surface area contributed by atoms with E-state index in [1.54, 1.807) is 6.33 Å². The molecule has 0 spiro atoms. The highest BCUT2D eigenvalue weighted by atomic mass is 15.3. The van der Waals surface area contributed by atoms with Gasteiger partial charge in [0.25, 0.3) is 0 Å². The van der Waals surface area contributed by atoms with Crippen LogP contribution in [0.1, 0.15) is 46.4 Å². The Morgan fingerprint density at radius 1 is 1.38 bits per heavy atom. The van der Waals surface area contributed by atoms with Crippen LogP contribution in [0.15, 0.2) is 6.33 Å². The molecule has 0 aliphatic carbocycles. The lowest BCUT2D eigenvalue weighted by Crippen LogP contribution is -2.58. The van der Waals surface area contributed by atoms with E-state index in [2.05, 4.69) is 48.0 Å². The predicted molar refractivity (Wildman–Crippen MR) is 85.9 cm³/mol. The average Bonchev–Trinajstić information content (AvgIpc) is 2.85. The van der Waals surface area contributed by atoms with Gasteiger partial charge in [-0.15, -0.1) is 0 Å². The number of aryl methyl sites for hydroxylation is 1. The van der Waals surface area contributed by atoms with E-state index < -0.39 is 0 Å². The summed E-state index contributed by atoms with van der Waals surface area (Å²) in [4.78, 5) is 7.01. The van der Waals surface area contributed by atoms with E-state index in [4.69, 9.17) is 0 Å². The maximum Gasteiger partial charge on any atom is 0.140 e. The van der Waals surface area contributed by atoms with Crippen molar-refractivity contribution in [1.82, 2.24) is 25.0 Å². The van der Waals surface area contributed by atoms with Gasteiger partial charge in [0.05, 0.1) is 6.54 Å². The molecule has 2 heterocycles. The molecular weight excluding hydrogens is 262 g/mol. The first-order valence-electron chi connectivity index (χ1n) is 8.31. The minimum absolute atomic E-state index is 0.589. The maximum absolute atomic E-state index is 4.40. The van der Waals surface area contributed by atoms with Gasteiger partial charge in [0, 0.05) is 32.2 Å². The zero-order valence-electron chi connectivity index (χ0n) is 14.2. The Kier molecular flexibility index (Phi) is 5.76. The first-order valence-corrected chi connectivity index (χ1v) is 8.31. The number of piperazine rings is 1. The molecule has 1 N–H and O–H groups in total. The molecule has 21 heavy (non-hydrogen) atoms. The van der Waals surface area contributed by atoms with Crippen LogP contribution in [0.2, 0.25) is 0 Å². The topological polar surface area (TPSA) is 46.0 Å². The Balaban J connectivity index is 2.07. The Hall–Kier alpha value is -0.940. The third-order valence-corrected chi connectivity index (χ3v) is 4.79. The number of hydrogen-bond acceptors (Lipinski definition) is 4. The van der Waals surface area contributed by atoms with Crippen molar-refractivity contribution in [3.63, 3.8) is 0 Å². The van der Waals surface area contributed by atoms with Gasteiger partial charge >= 0.3 is 0 Å². The lowest BCUT2D eigenvalue weighted by atomic mass is 9.93. The van der Waals surface area contributed by atoms with Crippen molar-refractivity contribution in [3.05, 3.63) is 12.2 Å². The van der Waals surface area contributed by atoms with Crippen molar-refractivity contribution < 1.29 is 0 Å². The van der Waals surface area contributed by atoms with Gasteiger partial charge < -0.3 is 5.32 Å². The Labute approximate surface area is 129 Å². The molecule has 0 amide bonds. The third-order valence-electron chi connectivity index (χ3n) is 4.79. The number of rotatable bonds is 6. The lowest BCUT2D eigenvalue weighted by Gasteiger charge is -2.42. The Morgan fingerprint density at radius 2 is 2.14 bits per heavy atom. The molecular formula is C16H31N5. The van der Waals surface area contributed by atoms with Gasteiger partial charge in [-0.05, 0) is 18.3 Å². The van der Waals surface area contributed by atoms with Crippen molar-refractivity contribution in [2.24, 2.45) is 18.9 Å².